The molecule has 0 aliphatic heterocycles. The SMILES string of the molecule is Cc1cc(C(=O)NC(C)(CN)C2CC2)c(C)n1Cc1ccncc1. The molecule has 0 radical (unpaired) electrons. The Labute approximate surface area is 143 Å². The Kier molecular flexibility index (Phi) is 4.45. The fourth-order valence-corrected chi connectivity index (χ4v) is 3.31. The van der Waals surface area contributed by atoms with Crippen molar-refractivity contribution in [1.82, 2.24) is 14.9 Å². The quantitative estimate of drug-likeness (QED) is 0.856. The number of nitrogens with one attached hydrogen (secondary N) is 1. The van der Waals surface area contributed by atoms with E-state index < -0.39 is 0 Å². The number of carbonyl (C=O) groups excluding carboxylic acids is 1. The van der Waals surface area contributed by atoms with Crippen molar-refractivity contribution in [3.63, 3.8) is 0 Å². The summed E-state index contributed by atoms with van der Waals surface area (Å²) in [5, 5.41) is 3.18. The second-order valence-electron chi connectivity index (χ2n) is 7.08. The third-order valence-corrected chi connectivity index (χ3v) is 5.21. The first-order valence-electron chi connectivity index (χ1n) is 8.53. The van der Waals surface area contributed by atoms with Crippen molar-refractivity contribution in [3.8, 4) is 0 Å². The Morgan fingerprint density at radius 2 is 2.04 bits per heavy atom. The first kappa shape index (κ1) is 16.7. The van der Waals surface area contributed by atoms with Crippen LogP contribution in [-0.4, -0.2) is 27.5 Å². The zero-order valence-corrected chi connectivity index (χ0v) is 14.7. The molecule has 1 aliphatic carbocycles. The van der Waals surface area contributed by atoms with E-state index in [1.165, 1.54) is 5.56 Å². The summed E-state index contributed by atoms with van der Waals surface area (Å²) in [7, 11) is 0. The van der Waals surface area contributed by atoms with Crippen LogP contribution in [0.3, 0.4) is 0 Å². The molecule has 0 bridgehead atoms. The standard InChI is InChI=1S/C19H26N4O/c1-13-10-17(18(24)22-19(3,12-20)16-4-5-16)14(2)23(13)11-15-6-8-21-9-7-15/h6-10,16H,4-5,11-12,20H2,1-3H3,(H,22,24). The molecule has 1 amide bonds. The molecule has 5 heteroatoms. The summed E-state index contributed by atoms with van der Waals surface area (Å²) in [5.41, 5.74) is 9.59. The van der Waals surface area contributed by atoms with E-state index in [-0.39, 0.29) is 11.4 Å². The van der Waals surface area contributed by atoms with E-state index in [0.29, 0.717) is 12.5 Å². The first-order chi connectivity index (χ1) is 11.4. The van der Waals surface area contributed by atoms with Gasteiger partial charge in [0.25, 0.3) is 5.91 Å². The molecule has 0 saturated heterocycles. The van der Waals surface area contributed by atoms with Gasteiger partial charge < -0.3 is 15.6 Å². The fraction of sp³-hybridized carbons (Fsp3) is 0.474. The highest BCUT2D eigenvalue weighted by Gasteiger charge is 2.41. The lowest BCUT2D eigenvalue weighted by Crippen LogP contribution is -2.53. The largest absolute Gasteiger partial charge is 0.345 e. The normalized spacial score (nSPS) is 16.7. The van der Waals surface area contributed by atoms with Gasteiger partial charge in [-0.25, -0.2) is 0 Å². The van der Waals surface area contributed by atoms with Gasteiger partial charge in [0.05, 0.1) is 11.1 Å². The zero-order chi connectivity index (χ0) is 17.3. The number of aryl methyl sites for hydroxylation is 1. The van der Waals surface area contributed by atoms with Crippen molar-refractivity contribution < 1.29 is 4.79 Å². The molecular weight excluding hydrogens is 300 g/mol. The van der Waals surface area contributed by atoms with Crippen LogP contribution < -0.4 is 11.1 Å². The van der Waals surface area contributed by atoms with Gasteiger partial charge in [-0.2, -0.15) is 0 Å². The van der Waals surface area contributed by atoms with Gasteiger partial charge in [0.2, 0.25) is 0 Å². The van der Waals surface area contributed by atoms with Crippen LogP contribution in [0.25, 0.3) is 0 Å². The van der Waals surface area contributed by atoms with Crippen molar-refractivity contribution in [2.24, 2.45) is 11.7 Å². The number of amides is 1. The first-order valence-corrected chi connectivity index (χ1v) is 8.53. The van der Waals surface area contributed by atoms with Gasteiger partial charge in [-0.05, 0) is 63.3 Å². The molecule has 24 heavy (non-hydrogen) atoms. The maximum Gasteiger partial charge on any atom is 0.253 e. The molecule has 1 aliphatic rings. The van der Waals surface area contributed by atoms with E-state index >= 15 is 0 Å². The number of hydrogen-bond acceptors (Lipinski definition) is 3. The number of rotatable bonds is 6. The van der Waals surface area contributed by atoms with Crippen molar-refractivity contribution in [2.45, 2.75) is 45.7 Å². The van der Waals surface area contributed by atoms with Gasteiger partial charge in [-0.1, -0.05) is 0 Å². The third kappa shape index (κ3) is 3.22. The average Bonchev–Trinajstić information content (AvgIpc) is 3.39. The molecule has 128 valence electrons. The van der Waals surface area contributed by atoms with Gasteiger partial charge in [0.1, 0.15) is 0 Å². The van der Waals surface area contributed by atoms with Crippen LogP contribution in [-0.2, 0) is 6.54 Å². The molecule has 2 heterocycles. The summed E-state index contributed by atoms with van der Waals surface area (Å²) in [6.07, 6.45) is 5.88. The molecule has 1 unspecified atom stereocenters. The second-order valence-corrected chi connectivity index (χ2v) is 7.08. The molecule has 1 atom stereocenters. The lowest BCUT2D eigenvalue weighted by Gasteiger charge is -2.29. The monoisotopic (exact) mass is 326 g/mol. The van der Waals surface area contributed by atoms with Crippen LogP contribution in [0.5, 0.6) is 0 Å². The number of aromatic nitrogens is 2. The highest BCUT2D eigenvalue weighted by molar-refractivity contribution is 5.96. The van der Waals surface area contributed by atoms with E-state index in [9.17, 15) is 4.79 Å². The summed E-state index contributed by atoms with van der Waals surface area (Å²) in [6.45, 7) is 7.30. The summed E-state index contributed by atoms with van der Waals surface area (Å²) in [4.78, 5) is 16.9. The number of carbonyl (C=O) groups is 1. The van der Waals surface area contributed by atoms with E-state index in [1.807, 2.05) is 32.0 Å². The summed E-state index contributed by atoms with van der Waals surface area (Å²) >= 11 is 0. The molecule has 1 saturated carbocycles. The summed E-state index contributed by atoms with van der Waals surface area (Å²) in [6, 6.07) is 5.96. The Balaban J connectivity index is 1.81. The van der Waals surface area contributed by atoms with Crippen LogP contribution in [0.4, 0.5) is 0 Å². The predicted octanol–water partition coefficient (Wildman–Crippen LogP) is 2.41. The molecule has 3 N–H and O–H groups in total. The Hall–Kier alpha value is -2.14. The van der Waals surface area contributed by atoms with Gasteiger partial charge in [0, 0.05) is 36.9 Å². The van der Waals surface area contributed by atoms with E-state index in [0.717, 1.165) is 36.3 Å². The lowest BCUT2D eigenvalue weighted by molar-refractivity contribution is 0.0897. The van der Waals surface area contributed by atoms with E-state index in [2.05, 4.69) is 21.8 Å². The smallest absolute Gasteiger partial charge is 0.253 e. The van der Waals surface area contributed by atoms with Gasteiger partial charge >= 0.3 is 0 Å². The van der Waals surface area contributed by atoms with Crippen LogP contribution in [0.1, 0.15) is 47.1 Å². The Morgan fingerprint density at radius 1 is 1.38 bits per heavy atom. The number of nitrogens with zero attached hydrogens (tertiary/aromatic N) is 2. The number of pyridine rings is 1. The number of nitrogens with two attached hydrogens (primary N) is 1. The molecule has 2 aromatic rings. The minimum atomic E-state index is -0.301. The van der Waals surface area contributed by atoms with E-state index in [4.69, 9.17) is 5.73 Å². The fourth-order valence-electron chi connectivity index (χ4n) is 3.31. The molecule has 2 aromatic heterocycles. The van der Waals surface area contributed by atoms with Crippen molar-refractivity contribution in [1.29, 1.82) is 0 Å². The van der Waals surface area contributed by atoms with Crippen LogP contribution in [0.2, 0.25) is 0 Å². The van der Waals surface area contributed by atoms with E-state index in [1.54, 1.807) is 12.4 Å². The third-order valence-electron chi connectivity index (χ3n) is 5.21. The van der Waals surface area contributed by atoms with Crippen molar-refractivity contribution in [2.75, 3.05) is 6.54 Å². The van der Waals surface area contributed by atoms with Gasteiger partial charge in [-0.15, -0.1) is 0 Å². The van der Waals surface area contributed by atoms with Crippen molar-refractivity contribution in [3.05, 3.63) is 53.1 Å². The van der Waals surface area contributed by atoms with Gasteiger partial charge in [0.15, 0.2) is 0 Å². The van der Waals surface area contributed by atoms with Crippen LogP contribution >= 0.6 is 0 Å². The predicted molar refractivity (Wildman–Crippen MR) is 94.9 cm³/mol. The molecule has 5 nitrogen and oxygen atoms in total. The number of hydrogen-bond donors (Lipinski definition) is 2. The zero-order valence-electron chi connectivity index (χ0n) is 14.7. The lowest BCUT2D eigenvalue weighted by atomic mass is 9.95. The van der Waals surface area contributed by atoms with Crippen molar-refractivity contribution >= 4 is 5.91 Å². The summed E-state index contributed by atoms with van der Waals surface area (Å²) < 4.78 is 2.17. The second kappa shape index (κ2) is 6.40. The Bertz CT molecular complexity index is 733. The highest BCUT2D eigenvalue weighted by atomic mass is 16.1. The topological polar surface area (TPSA) is 72.9 Å². The van der Waals surface area contributed by atoms with Crippen LogP contribution in [0, 0.1) is 19.8 Å². The molecule has 0 aromatic carbocycles. The maximum atomic E-state index is 12.8. The molecule has 3 rings (SSSR count). The van der Waals surface area contributed by atoms with Gasteiger partial charge in [-0.3, -0.25) is 9.78 Å². The Morgan fingerprint density at radius 3 is 2.62 bits per heavy atom. The molecule has 1 fully saturated rings. The summed E-state index contributed by atoms with van der Waals surface area (Å²) in [5.74, 6) is 0.482. The highest BCUT2D eigenvalue weighted by Crippen LogP contribution is 2.39. The maximum absolute atomic E-state index is 12.8. The minimum Gasteiger partial charge on any atom is -0.345 e. The van der Waals surface area contributed by atoms with Crippen LogP contribution in [0.15, 0.2) is 30.6 Å². The molecule has 0 spiro atoms. The molecular formula is C19H26N4O. The minimum absolute atomic E-state index is 0.0241. The average molecular weight is 326 g/mol.